The molecule has 1 aromatic heterocycles. The summed E-state index contributed by atoms with van der Waals surface area (Å²) in [6.45, 7) is 6.83. The highest BCUT2D eigenvalue weighted by atomic mass is 16.5. The molecule has 2 amide bonds. The van der Waals surface area contributed by atoms with E-state index in [1.807, 2.05) is 45.0 Å². The van der Waals surface area contributed by atoms with Crippen molar-refractivity contribution in [3.8, 4) is 5.75 Å². The van der Waals surface area contributed by atoms with E-state index >= 15 is 0 Å². The fourth-order valence-electron chi connectivity index (χ4n) is 4.30. The van der Waals surface area contributed by atoms with Crippen molar-refractivity contribution in [3.63, 3.8) is 0 Å². The molecular formula is C29H31N5O4. The number of methoxy groups -OCH3 is 1. The van der Waals surface area contributed by atoms with E-state index in [-0.39, 0.29) is 12.3 Å². The first-order valence-corrected chi connectivity index (χ1v) is 12.3. The van der Waals surface area contributed by atoms with Crippen molar-refractivity contribution < 1.29 is 19.1 Å². The fourth-order valence-corrected chi connectivity index (χ4v) is 4.30. The molecule has 0 aliphatic carbocycles. The van der Waals surface area contributed by atoms with Gasteiger partial charge in [0.15, 0.2) is 5.78 Å². The number of para-hydroxylation sites is 2. The molecule has 0 aliphatic heterocycles. The Morgan fingerprint density at radius 2 is 1.71 bits per heavy atom. The summed E-state index contributed by atoms with van der Waals surface area (Å²) in [4.78, 5) is 42.1. The topological polar surface area (TPSA) is 106 Å². The first-order valence-electron chi connectivity index (χ1n) is 12.3. The van der Waals surface area contributed by atoms with Crippen LogP contribution in [0.3, 0.4) is 0 Å². The number of hydrogen-bond acceptors (Lipinski definition) is 6. The van der Waals surface area contributed by atoms with Crippen LogP contribution in [0.5, 0.6) is 5.75 Å². The molecular weight excluding hydrogens is 482 g/mol. The molecule has 0 bridgehead atoms. The van der Waals surface area contributed by atoms with Gasteiger partial charge in [-0.3, -0.25) is 19.3 Å². The number of nitrogens with zero attached hydrogens (tertiary/aromatic N) is 4. The number of fused-ring (bicyclic) bond motifs is 1. The van der Waals surface area contributed by atoms with Crippen LogP contribution in [0.15, 0.2) is 72.8 Å². The number of ether oxygens (including phenoxy) is 1. The molecule has 0 unspecified atom stereocenters. The maximum absolute atomic E-state index is 14.2. The molecule has 1 atom stereocenters. The number of hydrogen-bond donors (Lipinski definition) is 1. The molecule has 0 saturated carbocycles. The maximum Gasteiger partial charge on any atom is 0.249 e. The number of Topliss-reactive ketones (excluding diaryl/α,β-unsaturated/α-hetero) is 1. The standard InChI is InChI=1S/C29H31N5O4/c1-19(35)22-13-6-8-15-24(22)34(26(36)18-33-25-16-9-7-14-23(25)31-32-33)27(28(37)30-29(2,3)4)20-11-10-12-21(17-20)38-5/h6-17,27H,18H2,1-5H3,(H,30,37)/t27-/m0/s1. The van der Waals surface area contributed by atoms with Gasteiger partial charge < -0.3 is 10.1 Å². The minimum atomic E-state index is -1.10. The lowest BCUT2D eigenvalue weighted by molar-refractivity contribution is -0.128. The summed E-state index contributed by atoms with van der Waals surface area (Å²) in [5, 5.41) is 11.3. The van der Waals surface area contributed by atoms with E-state index in [4.69, 9.17) is 4.74 Å². The van der Waals surface area contributed by atoms with Crippen LogP contribution < -0.4 is 15.0 Å². The van der Waals surface area contributed by atoms with Crippen LogP contribution in [-0.4, -0.2) is 45.2 Å². The number of carbonyl (C=O) groups is 3. The van der Waals surface area contributed by atoms with Crippen LogP contribution in [0.1, 0.15) is 49.7 Å². The molecule has 38 heavy (non-hydrogen) atoms. The SMILES string of the molecule is COc1cccc([C@@H](C(=O)NC(C)(C)C)N(C(=O)Cn2nnc3ccccc32)c2ccccc2C(C)=O)c1. The summed E-state index contributed by atoms with van der Waals surface area (Å²) in [6, 6.07) is 20.0. The van der Waals surface area contributed by atoms with Crippen LogP contribution in [0.25, 0.3) is 11.0 Å². The molecule has 9 heteroatoms. The predicted octanol–water partition coefficient (Wildman–Crippen LogP) is 4.33. The zero-order valence-corrected chi connectivity index (χ0v) is 22.1. The highest BCUT2D eigenvalue weighted by Crippen LogP contribution is 2.33. The van der Waals surface area contributed by atoms with Crippen molar-refractivity contribution >= 4 is 34.3 Å². The van der Waals surface area contributed by atoms with Crippen LogP contribution in [-0.2, 0) is 16.1 Å². The van der Waals surface area contributed by atoms with Crippen molar-refractivity contribution in [2.45, 2.75) is 45.8 Å². The third-order valence-electron chi connectivity index (χ3n) is 5.93. The zero-order chi connectivity index (χ0) is 27.4. The Morgan fingerprint density at radius 1 is 1.00 bits per heavy atom. The summed E-state index contributed by atoms with van der Waals surface area (Å²) < 4.78 is 6.91. The van der Waals surface area contributed by atoms with Crippen LogP contribution in [0, 0.1) is 0 Å². The minimum absolute atomic E-state index is 0.198. The molecule has 3 aromatic carbocycles. The van der Waals surface area contributed by atoms with E-state index in [2.05, 4.69) is 15.6 Å². The number of carbonyl (C=O) groups excluding carboxylic acids is 3. The Kier molecular flexibility index (Phi) is 7.57. The van der Waals surface area contributed by atoms with E-state index in [1.165, 1.54) is 23.6 Å². The lowest BCUT2D eigenvalue weighted by atomic mass is 9.98. The molecule has 0 spiro atoms. The molecule has 4 rings (SSSR count). The Morgan fingerprint density at radius 3 is 2.42 bits per heavy atom. The minimum Gasteiger partial charge on any atom is -0.497 e. The van der Waals surface area contributed by atoms with Crippen LogP contribution in [0.2, 0.25) is 0 Å². The van der Waals surface area contributed by atoms with E-state index < -0.39 is 23.4 Å². The van der Waals surface area contributed by atoms with Gasteiger partial charge in [0.1, 0.15) is 23.9 Å². The Hall–Kier alpha value is -4.53. The summed E-state index contributed by atoms with van der Waals surface area (Å²) in [5.41, 5.74) is 1.92. The summed E-state index contributed by atoms with van der Waals surface area (Å²) in [6.07, 6.45) is 0. The average molecular weight is 514 g/mol. The lowest BCUT2D eigenvalue weighted by Gasteiger charge is -2.34. The fraction of sp³-hybridized carbons (Fsp3) is 0.276. The number of benzene rings is 3. The van der Waals surface area contributed by atoms with Crippen molar-refractivity contribution in [1.82, 2.24) is 20.3 Å². The average Bonchev–Trinajstić information content (AvgIpc) is 3.28. The third kappa shape index (κ3) is 5.72. The second kappa shape index (κ2) is 10.8. The van der Waals surface area contributed by atoms with Gasteiger partial charge in [0, 0.05) is 11.1 Å². The highest BCUT2D eigenvalue weighted by Gasteiger charge is 2.36. The van der Waals surface area contributed by atoms with Gasteiger partial charge in [-0.25, -0.2) is 4.68 Å². The summed E-state index contributed by atoms with van der Waals surface area (Å²) in [5.74, 6) is -0.539. The number of anilines is 1. The van der Waals surface area contributed by atoms with Crippen LogP contribution in [0.4, 0.5) is 5.69 Å². The summed E-state index contributed by atoms with van der Waals surface area (Å²) >= 11 is 0. The predicted molar refractivity (Wildman–Crippen MR) is 145 cm³/mol. The van der Waals surface area contributed by atoms with Gasteiger partial charge in [-0.2, -0.15) is 0 Å². The van der Waals surface area contributed by atoms with Crippen molar-refractivity contribution in [2.24, 2.45) is 0 Å². The Bertz CT molecular complexity index is 1490. The van der Waals surface area contributed by atoms with Crippen LogP contribution >= 0.6 is 0 Å². The largest absolute Gasteiger partial charge is 0.497 e. The van der Waals surface area contributed by atoms with Gasteiger partial charge in [-0.15, -0.1) is 5.10 Å². The first kappa shape index (κ1) is 26.5. The van der Waals surface area contributed by atoms with Gasteiger partial charge in [0.2, 0.25) is 11.8 Å². The smallest absolute Gasteiger partial charge is 0.249 e. The summed E-state index contributed by atoms with van der Waals surface area (Å²) in [7, 11) is 1.53. The van der Waals surface area contributed by atoms with Crippen molar-refractivity contribution in [1.29, 1.82) is 0 Å². The highest BCUT2D eigenvalue weighted by molar-refractivity contribution is 6.08. The maximum atomic E-state index is 14.2. The first-order chi connectivity index (χ1) is 18.1. The zero-order valence-electron chi connectivity index (χ0n) is 22.1. The van der Waals surface area contributed by atoms with E-state index in [1.54, 1.807) is 48.5 Å². The van der Waals surface area contributed by atoms with Gasteiger partial charge in [0.25, 0.3) is 0 Å². The molecule has 4 aromatic rings. The lowest BCUT2D eigenvalue weighted by Crippen LogP contribution is -2.50. The molecule has 196 valence electrons. The normalized spacial score (nSPS) is 12.1. The Balaban J connectivity index is 1.90. The number of amides is 2. The second-order valence-electron chi connectivity index (χ2n) is 9.99. The molecule has 0 radical (unpaired) electrons. The Labute approximate surface area is 221 Å². The number of ketones is 1. The van der Waals surface area contributed by atoms with Gasteiger partial charge >= 0.3 is 0 Å². The van der Waals surface area contributed by atoms with E-state index in [9.17, 15) is 14.4 Å². The van der Waals surface area contributed by atoms with Gasteiger partial charge in [0.05, 0.1) is 18.3 Å². The molecule has 1 heterocycles. The molecule has 1 N–H and O–H groups in total. The van der Waals surface area contributed by atoms with Crippen molar-refractivity contribution in [3.05, 3.63) is 83.9 Å². The van der Waals surface area contributed by atoms with E-state index in [0.29, 0.717) is 33.6 Å². The van der Waals surface area contributed by atoms with E-state index in [0.717, 1.165) is 0 Å². The molecule has 0 aliphatic rings. The second-order valence-corrected chi connectivity index (χ2v) is 9.99. The number of nitrogens with one attached hydrogen (secondary N) is 1. The number of aromatic nitrogens is 3. The van der Waals surface area contributed by atoms with Gasteiger partial charge in [-0.05, 0) is 69.7 Å². The number of rotatable bonds is 8. The monoisotopic (exact) mass is 513 g/mol. The molecule has 0 fully saturated rings. The molecule has 9 nitrogen and oxygen atoms in total. The molecule has 0 saturated heterocycles. The van der Waals surface area contributed by atoms with Crippen molar-refractivity contribution in [2.75, 3.05) is 12.0 Å². The quantitative estimate of drug-likeness (QED) is 0.352. The third-order valence-corrected chi connectivity index (χ3v) is 5.93. The van der Waals surface area contributed by atoms with Gasteiger partial charge in [-0.1, -0.05) is 41.6 Å².